The number of amides is 2. The summed E-state index contributed by atoms with van der Waals surface area (Å²) in [5.74, 6) is 0.332. The maximum atomic E-state index is 12.3. The zero-order chi connectivity index (χ0) is 20.5. The largest absolute Gasteiger partial charge is 0.378 e. The maximum absolute atomic E-state index is 12.3. The fraction of sp³-hybridized carbons (Fsp3) is 0.318. The number of anilines is 1. The number of ether oxygens (including phenoxy) is 1. The molecule has 0 radical (unpaired) electrons. The highest BCUT2D eigenvalue weighted by Gasteiger charge is 2.15. The van der Waals surface area contributed by atoms with E-state index in [4.69, 9.17) is 4.74 Å². The molecule has 2 heterocycles. The summed E-state index contributed by atoms with van der Waals surface area (Å²) in [6.45, 7) is 5.04. The zero-order valence-corrected chi connectivity index (χ0v) is 16.5. The molecule has 7 heteroatoms. The zero-order valence-electron chi connectivity index (χ0n) is 16.5. The fourth-order valence-electron chi connectivity index (χ4n) is 2.94. The van der Waals surface area contributed by atoms with Crippen LogP contribution in [0.25, 0.3) is 6.08 Å². The predicted molar refractivity (Wildman–Crippen MR) is 112 cm³/mol. The van der Waals surface area contributed by atoms with Crippen molar-refractivity contribution in [2.45, 2.75) is 19.5 Å². The van der Waals surface area contributed by atoms with Crippen LogP contribution < -0.4 is 15.5 Å². The highest BCUT2D eigenvalue weighted by molar-refractivity contribution is 5.95. The second-order valence-corrected chi connectivity index (χ2v) is 6.81. The van der Waals surface area contributed by atoms with Crippen LogP contribution in [-0.2, 0) is 20.9 Å². The molecular weight excluding hydrogens is 368 g/mol. The summed E-state index contributed by atoms with van der Waals surface area (Å²) in [5, 5.41) is 5.54. The minimum atomic E-state index is -0.636. The van der Waals surface area contributed by atoms with Gasteiger partial charge in [-0.3, -0.25) is 9.59 Å². The van der Waals surface area contributed by atoms with Crippen LogP contribution in [0.15, 0.2) is 54.7 Å². The molecule has 1 unspecified atom stereocenters. The molecule has 152 valence electrons. The second kappa shape index (κ2) is 10.4. The Morgan fingerprint density at radius 2 is 1.97 bits per heavy atom. The van der Waals surface area contributed by atoms with E-state index in [9.17, 15) is 9.59 Å². The molecule has 1 aromatic heterocycles. The van der Waals surface area contributed by atoms with Crippen molar-refractivity contribution in [2.75, 3.05) is 31.2 Å². The minimum absolute atomic E-state index is 0.240. The van der Waals surface area contributed by atoms with Crippen molar-refractivity contribution in [3.05, 3.63) is 65.9 Å². The van der Waals surface area contributed by atoms with Crippen molar-refractivity contribution >= 4 is 23.7 Å². The molecule has 1 fully saturated rings. The van der Waals surface area contributed by atoms with E-state index in [-0.39, 0.29) is 11.8 Å². The van der Waals surface area contributed by atoms with Gasteiger partial charge in [0, 0.05) is 31.9 Å². The predicted octanol–water partition coefficient (Wildman–Crippen LogP) is 1.75. The smallest absolute Gasteiger partial charge is 0.244 e. The van der Waals surface area contributed by atoms with Crippen molar-refractivity contribution < 1.29 is 14.3 Å². The normalized spacial score (nSPS) is 15.1. The van der Waals surface area contributed by atoms with Crippen LogP contribution in [0.5, 0.6) is 0 Å². The molecule has 3 rings (SSSR count). The van der Waals surface area contributed by atoms with Crippen molar-refractivity contribution in [3.63, 3.8) is 0 Å². The first-order valence-corrected chi connectivity index (χ1v) is 9.71. The molecule has 0 bridgehead atoms. The summed E-state index contributed by atoms with van der Waals surface area (Å²) in [4.78, 5) is 30.9. The average Bonchev–Trinajstić information content (AvgIpc) is 2.77. The third-order valence-electron chi connectivity index (χ3n) is 4.59. The number of benzene rings is 1. The van der Waals surface area contributed by atoms with Gasteiger partial charge in [-0.15, -0.1) is 0 Å². The molecule has 2 N–H and O–H groups in total. The van der Waals surface area contributed by atoms with Crippen LogP contribution in [0, 0.1) is 0 Å². The van der Waals surface area contributed by atoms with Gasteiger partial charge in [-0.05, 0) is 36.3 Å². The Labute approximate surface area is 170 Å². The van der Waals surface area contributed by atoms with Crippen LogP contribution in [0.1, 0.15) is 18.1 Å². The first-order valence-electron chi connectivity index (χ1n) is 9.71. The molecule has 1 saturated heterocycles. The van der Waals surface area contributed by atoms with Gasteiger partial charge in [0.25, 0.3) is 0 Å². The van der Waals surface area contributed by atoms with E-state index in [1.807, 2.05) is 42.5 Å². The van der Waals surface area contributed by atoms with E-state index in [1.165, 1.54) is 6.08 Å². The van der Waals surface area contributed by atoms with Gasteiger partial charge < -0.3 is 20.3 Å². The molecule has 1 aliphatic heterocycles. The maximum Gasteiger partial charge on any atom is 0.244 e. The topological polar surface area (TPSA) is 83.6 Å². The van der Waals surface area contributed by atoms with Crippen LogP contribution in [0.2, 0.25) is 0 Å². The molecule has 0 spiro atoms. The first-order chi connectivity index (χ1) is 14.1. The standard InChI is InChI=1S/C22H26N4O3/c1-17(25-21(27)8-7-18-5-3-2-4-6-18)22(28)24-16-19-9-10-23-20(15-19)26-11-13-29-14-12-26/h2-10,15,17H,11-14,16H2,1H3,(H,24,28)(H,25,27)/b8-7+. The van der Waals surface area contributed by atoms with Gasteiger partial charge in [0.2, 0.25) is 11.8 Å². The SMILES string of the molecule is CC(NC(=O)/C=C/c1ccccc1)C(=O)NCc1ccnc(N2CCOCC2)c1. The molecule has 7 nitrogen and oxygen atoms in total. The van der Waals surface area contributed by atoms with Gasteiger partial charge >= 0.3 is 0 Å². The number of hydrogen-bond donors (Lipinski definition) is 2. The van der Waals surface area contributed by atoms with Crippen LogP contribution in [-0.4, -0.2) is 49.1 Å². The molecule has 29 heavy (non-hydrogen) atoms. The second-order valence-electron chi connectivity index (χ2n) is 6.81. The number of carbonyl (C=O) groups excluding carboxylic acids is 2. The van der Waals surface area contributed by atoms with Crippen LogP contribution in [0.3, 0.4) is 0 Å². The van der Waals surface area contributed by atoms with Gasteiger partial charge in [0.05, 0.1) is 13.2 Å². The third kappa shape index (κ3) is 6.43. The number of hydrogen-bond acceptors (Lipinski definition) is 5. The Kier molecular flexibility index (Phi) is 7.35. The Hall–Kier alpha value is -3.19. The molecule has 2 aromatic rings. The Morgan fingerprint density at radius 1 is 1.21 bits per heavy atom. The number of aromatic nitrogens is 1. The third-order valence-corrected chi connectivity index (χ3v) is 4.59. The number of nitrogens with one attached hydrogen (secondary N) is 2. The summed E-state index contributed by atoms with van der Waals surface area (Å²) in [5.41, 5.74) is 1.88. The van der Waals surface area contributed by atoms with Crippen molar-refractivity contribution in [1.82, 2.24) is 15.6 Å². The Balaban J connectivity index is 1.47. The van der Waals surface area contributed by atoms with E-state index in [2.05, 4.69) is 20.5 Å². The lowest BCUT2D eigenvalue weighted by atomic mass is 10.2. The Bertz CT molecular complexity index is 848. The van der Waals surface area contributed by atoms with E-state index in [0.29, 0.717) is 19.8 Å². The average molecular weight is 394 g/mol. The van der Waals surface area contributed by atoms with Crippen molar-refractivity contribution in [2.24, 2.45) is 0 Å². The van der Waals surface area contributed by atoms with Gasteiger partial charge in [-0.2, -0.15) is 0 Å². The van der Waals surface area contributed by atoms with Gasteiger partial charge in [0.15, 0.2) is 0 Å². The summed E-state index contributed by atoms with van der Waals surface area (Å²) in [6.07, 6.45) is 4.88. The van der Waals surface area contributed by atoms with Crippen molar-refractivity contribution in [3.8, 4) is 0 Å². The van der Waals surface area contributed by atoms with E-state index in [0.717, 1.165) is 30.0 Å². The highest BCUT2D eigenvalue weighted by atomic mass is 16.5. The van der Waals surface area contributed by atoms with Gasteiger partial charge in [0.1, 0.15) is 11.9 Å². The lowest BCUT2D eigenvalue weighted by Crippen LogP contribution is -2.44. The van der Waals surface area contributed by atoms with Gasteiger partial charge in [-0.1, -0.05) is 30.3 Å². The summed E-state index contributed by atoms with van der Waals surface area (Å²) < 4.78 is 5.37. The van der Waals surface area contributed by atoms with Gasteiger partial charge in [-0.25, -0.2) is 4.98 Å². The molecular formula is C22H26N4O3. The van der Waals surface area contributed by atoms with E-state index < -0.39 is 6.04 Å². The van der Waals surface area contributed by atoms with Crippen LogP contribution >= 0.6 is 0 Å². The number of rotatable bonds is 7. The van der Waals surface area contributed by atoms with E-state index in [1.54, 1.807) is 19.2 Å². The monoisotopic (exact) mass is 394 g/mol. The fourth-order valence-corrected chi connectivity index (χ4v) is 2.94. The minimum Gasteiger partial charge on any atom is -0.378 e. The summed E-state index contributed by atoms with van der Waals surface area (Å²) in [6, 6.07) is 12.7. The number of pyridine rings is 1. The van der Waals surface area contributed by atoms with E-state index >= 15 is 0 Å². The number of nitrogens with zero attached hydrogens (tertiary/aromatic N) is 2. The summed E-state index contributed by atoms with van der Waals surface area (Å²) >= 11 is 0. The molecule has 0 aliphatic carbocycles. The van der Waals surface area contributed by atoms with Crippen LogP contribution in [0.4, 0.5) is 5.82 Å². The first kappa shape index (κ1) is 20.5. The highest BCUT2D eigenvalue weighted by Crippen LogP contribution is 2.14. The summed E-state index contributed by atoms with van der Waals surface area (Å²) in [7, 11) is 0. The lowest BCUT2D eigenvalue weighted by molar-refractivity contribution is -0.126. The lowest BCUT2D eigenvalue weighted by Gasteiger charge is -2.28. The quantitative estimate of drug-likeness (QED) is 0.699. The molecule has 1 aliphatic rings. The molecule has 1 atom stereocenters. The molecule has 2 amide bonds. The molecule has 0 saturated carbocycles. The van der Waals surface area contributed by atoms with Crippen molar-refractivity contribution in [1.29, 1.82) is 0 Å². The number of carbonyl (C=O) groups is 2. The number of morpholine rings is 1. The Morgan fingerprint density at radius 3 is 2.72 bits per heavy atom. The molecule has 1 aromatic carbocycles.